The van der Waals surface area contributed by atoms with Crippen molar-refractivity contribution in [2.45, 2.75) is 26.2 Å². The van der Waals surface area contributed by atoms with Crippen molar-refractivity contribution in [1.82, 2.24) is 10.1 Å². The van der Waals surface area contributed by atoms with Gasteiger partial charge in [0.1, 0.15) is 5.75 Å². The number of aryl methyl sites for hydroxylation is 2. The summed E-state index contributed by atoms with van der Waals surface area (Å²) in [6.45, 7) is 4.62. The number of nitrogens with zero attached hydrogens (tertiary/aromatic N) is 3. The van der Waals surface area contributed by atoms with Gasteiger partial charge in [-0.1, -0.05) is 35.0 Å². The van der Waals surface area contributed by atoms with E-state index in [1.807, 2.05) is 55.1 Å². The lowest BCUT2D eigenvalue weighted by Crippen LogP contribution is -2.25. The SMILES string of the molecule is COc1ccccc1-c1nc(C2CC(=O)N(c3ccc(C)cc3C)C2)no1. The second-order valence-electron chi connectivity index (χ2n) is 6.85. The van der Waals surface area contributed by atoms with Gasteiger partial charge in [0.15, 0.2) is 5.82 Å². The van der Waals surface area contributed by atoms with Gasteiger partial charge in [-0.2, -0.15) is 4.98 Å². The van der Waals surface area contributed by atoms with E-state index in [1.54, 1.807) is 7.11 Å². The van der Waals surface area contributed by atoms with Gasteiger partial charge in [0.05, 0.1) is 12.7 Å². The summed E-state index contributed by atoms with van der Waals surface area (Å²) >= 11 is 0. The number of hydrogen-bond donors (Lipinski definition) is 0. The van der Waals surface area contributed by atoms with E-state index >= 15 is 0 Å². The Morgan fingerprint density at radius 2 is 2.00 bits per heavy atom. The van der Waals surface area contributed by atoms with Crippen LogP contribution in [0.15, 0.2) is 47.0 Å². The fourth-order valence-electron chi connectivity index (χ4n) is 3.55. The summed E-state index contributed by atoms with van der Waals surface area (Å²) in [4.78, 5) is 18.9. The Kier molecular flexibility index (Phi) is 4.39. The molecular formula is C21H21N3O3. The Morgan fingerprint density at radius 1 is 1.19 bits per heavy atom. The van der Waals surface area contributed by atoms with Crippen LogP contribution in [-0.4, -0.2) is 29.7 Å². The summed E-state index contributed by atoms with van der Waals surface area (Å²) in [7, 11) is 1.60. The van der Waals surface area contributed by atoms with E-state index < -0.39 is 0 Å². The molecule has 1 saturated heterocycles. The number of anilines is 1. The topological polar surface area (TPSA) is 68.5 Å². The summed E-state index contributed by atoms with van der Waals surface area (Å²) in [5.41, 5.74) is 3.96. The van der Waals surface area contributed by atoms with E-state index in [4.69, 9.17) is 9.26 Å². The molecule has 0 saturated carbocycles. The Hall–Kier alpha value is -3.15. The maximum Gasteiger partial charge on any atom is 0.261 e. The van der Waals surface area contributed by atoms with Gasteiger partial charge in [-0.25, -0.2) is 0 Å². The summed E-state index contributed by atoms with van der Waals surface area (Å²) in [6, 6.07) is 13.6. The highest BCUT2D eigenvalue weighted by Gasteiger charge is 2.35. The second kappa shape index (κ2) is 6.87. The number of carbonyl (C=O) groups excluding carboxylic acids is 1. The number of carbonyl (C=O) groups is 1. The van der Waals surface area contributed by atoms with Crippen LogP contribution < -0.4 is 9.64 Å². The molecule has 0 N–H and O–H groups in total. The summed E-state index contributed by atoms with van der Waals surface area (Å²) < 4.78 is 10.8. The fraction of sp³-hybridized carbons (Fsp3) is 0.286. The minimum absolute atomic E-state index is 0.0793. The van der Waals surface area contributed by atoms with Crippen LogP contribution in [0.1, 0.15) is 29.3 Å². The zero-order valence-corrected chi connectivity index (χ0v) is 15.6. The van der Waals surface area contributed by atoms with Gasteiger partial charge in [0, 0.05) is 24.6 Å². The first kappa shape index (κ1) is 17.3. The van der Waals surface area contributed by atoms with E-state index in [0.29, 0.717) is 30.4 Å². The quantitative estimate of drug-likeness (QED) is 0.703. The molecule has 27 heavy (non-hydrogen) atoms. The molecule has 138 valence electrons. The van der Waals surface area contributed by atoms with Gasteiger partial charge in [-0.15, -0.1) is 0 Å². The molecule has 3 aromatic rings. The molecule has 1 aliphatic heterocycles. The molecule has 1 aliphatic rings. The Balaban J connectivity index is 1.59. The number of para-hydroxylation sites is 1. The Morgan fingerprint density at radius 3 is 2.78 bits per heavy atom. The molecule has 4 rings (SSSR count). The third kappa shape index (κ3) is 3.18. The van der Waals surface area contributed by atoms with Gasteiger partial charge < -0.3 is 14.2 Å². The maximum absolute atomic E-state index is 12.6. The van der Waals surface area contributed by atoms with Crippen LogP contribution in [0.2, 0.25) is 0 Å². The zero-order chi connectivity index (χ0) is 19.0. The van der Waals surface area contributed by atoms with E-state index in [9.17, 15) is 4.79 Å². The molecule has 0 radical (unpaired) electrons. The minimum Gasteiger partial charge on any atom is -0.496 e. The average molecular weight is 363 g/mol. The van der Waals surface area contributed by atoms with Crippen molar-refractivity contribution in [3.8, 4) is 17.2 Å². The van der Waals surface area contributed by atoms with Gasteiger partial charge >= 0.3 is 0 Å². The molecule has 2 heterocycles. The number of benzene rings is 2. The van der Waals surface area contributed by atoms with Gasteiger partial charge in [-0.05, 0) is 37.6 Å². The van der Waals surface area contributed by atoms with Crippen LogP contribution in [0.3, 0.4) is 0 Å². The standard InChI is InChI=1S/C21H21N3O3/c1-13-8-9-17(14(2)10-13)24-12-15(11-19(24)25)20-22-21(27-23-20)16-6-4-5-7-18(16)26-3/h4-10,15H,11-12H2,1-3H3. The predicted octanol–water partition coefficient (Wildman–Crippen LogP) is 3.88. The third-order valence-electron chi connectivity index (χ3n) is 4.91. The monoisotopic (exact) mass is 363 g/mol. The Labute approximate surface area is 157 Å². The second-order valence-corrected chi connectivity index (χ2v) is 6.85. The van der Waals surface area contributed by atoms with Crippen LogP contribution in [0, 0.1) is 13.8 Å². The summed E-state index contributed by atoms with van der Waals surface area (Å²) in [5.74, 6) is 1.62. The van der Waals surface area contributed by atoms with E-state index in [1.165, 1.54) is 5.56 Å². The normalized spacial score (nSPS) is 16.8. The Bertz CT molecular complexity index is 996. The summed E-state index contributed by atoms with van der Waals surface area (Å²) in [5, 5.41) is 4.13. The van der Waals surface area contributed by atoms with Crippen LogP contribution in [0.4, 0.5) is 5.69 Å². The minimum atomic E-state index is -0.0922. The smallest absolute Gasteiger partial charge is 0.261 e. The van der Waals surface area contributed by atoms with Crippen molar-refractivity contribution in [1.29, 1.82) is 0 Å². The van der Waals surface area contributed by atoms with E-state index in [2.05, 4.69) is 16.2 Å². The van der Waals surface area contributed by atoms with Crippen molar-refractivity contribution < 1.29 is 14.1 Å². The van der Waals surface area contributed by atoms with Crippen molar-refractivity contribution in [3.63, 3.8) is 0 Å². The van der Waals surface area contributed by atoms with Crippen LogP contribution >= 0.6 is 0 Å². The molecule has 1 atom stereocenters. The molecule has 6 heteroatoms. The molecule has 0 aliphatic carbocycles. The fourth-order valence-corrected chi connectivity index (χ4v) is 3.55. The van der Waals surface area contributed by atoms with Crippen molar-refractivity contribution >= 4 is 11.6 Å². The molecule has 1 amide bonds. The number of aromatic nitrogens is 2. The third-order valence-corrected chi connectivity index (χ3v) is 4.91. The van der Waals surface area contributed by atoms with Gasteiger partial charge in [0.2, 0.25) is 5.91 Å². The van der Waals surface area contributed by atoms with Gasteiger partial charge in [0.25, 0.3) is 5.89 Å². The molecule has 1 aromatic heterocycles. The predicted molar refractivity (Wildman–Crippen MR) is 102 cm³/mol. The average Bonchev–Trinajstić information content (AvgIpc) is 3.29. The number of ether oxygens (including phenoxy) is 1. The first-order chi connectivity index (χ1) is 13.1. The highest BCUT2D eigenvalue weighted by molar-refractivity contribution is 5.97. The van der Waals surface area contributed by atoms with E-state index in [-0.39, 0.29) is 11.8 Å². The number of rotatable bonds is 4. The van der Waals surface area contributed by atoms with Crippen molar-refractivity contribution in [2.24, 2.45) is 0 Å². The van der Waals surface area contributed by atoms with Crippen molar-refractivity contribution in [3.05, 3.63) is 59.4 Å². The zero-order valence-electron chi connectivity index (χ0n) is 15.6. The first-order valence-electron chi connectivity index (χ1n) is 8.91. The van der Waals surface area contributed by atoms with Crippen molar-refractivity contribution in [2.75, 3.05) is 18.6 Å². The lowest BCUT2D eigenvalue weighted by atomic mass is 10.1. The molecule has 6 nitrogen and oxygen atoms in total. The van der Waals surface area contributed by atoms with Crippen LogP contribution in [-0.2, 0) is 4.79 Å². The van der Waals surface area contributed by atoms with Gasteiger partial charge in [-0.3, -0.25) is 4.79 Å². The van der Waals surface area contributed by atoms with E-state index in [0.717, 1.165) is 16.8 Å². The lowest BCUT2D eigenvalue weighted by molar-refractivity contribution is -0.117. The largest absolute Gasteiger partial charge is 0.496 e. The molecule has 1 fully saturated rings. The number of methoxy groups -OCH3 is 1. The molecule has 1 unspecified atom stereocenters. The number of amides is 1. The number of hydrogen-bond acceptors (Lipinski definition) is 5. The maximum atomic E-state index is 12.6. The molecule has 0 bridgehead atoms. The summed E-state index contributed by atoms with van der Waals surface area (Å²) in [6.07, 6.45) is 0.373. The van der Waals surface area contributed by atoms with Crippen LogP contribution in [0.25, 0.3) is 11.5 Å². The highest BCUT2D eigenvalue weighted by Crippen LogP contribution is 2.34. The first-order valence-corrected chi connectivity index (χ1v) is 8.91. The molecule has 2 aromatic carbocycles. The molecular weight excluding hydrogens is 342 g/mol. The lowest BCUT2D eigenvalue weighted by Gasteiger charge is -2.19. The molecule has 0 spiro atoms. The highest BCUT2D eigenvalue weighted by atomic mass is 16.5. The van der Waals surface area contributed by atoms with Crippen LogP contribution in [0.5, 0.6) is 5.75 Å².